The van der Waals surface area contributed by atoms with Crippen molar-refractivity contribution in [2.75, 3.05) is 53.7 Å². The number of unbranched alkanes of at least 4 members (excludes halogenated alkanes) is 1. The largest absolute Gasteiger partial charge is 0.496 e. The highest BCUT2D eigenvalue weighted by atomic mass is 16.7. The van der Waals surface area contributed by atoms with Gasteiger partial charge in [-0.3, -0.25) is 14.5 Å². The van der Waals surface area contributed by atoms with Crippen LogP contribution in [0.5, 0.6) is 23.0 Å². The average molecular weight is 556 g/mol. The van der Waals surface area contributed by atoms with Crippen molar-refractivity contribution in [3.63, 3.8) is 0 Å². The van der Waals surface area contributed by atoms with Crippen molar-refractivity contribution >= 4 is 11.9 Å². The molecule has 1 amide bonds. The van der Waals surface area contributed by atoms with E-state index in [0.29, 0.717) is 56.3 Å². The van der Waals surface area contributed by atoms with Gasteiger partial charge < -0.3 is 34.7 Å². The highest BCUT2D eigenvalue weighted by Gasteiger charge is 2.47. The minimum atomic E-state index is -0.897. The van der Waals surface area contributed by atoms with Crippen molar-refractivity contribution < 1.29 is 33.6 Å². The van der Waals surface area contributed by atoms with Gasteiger partial charge in [0.05, 0.1) is 26.7 Å². The number of para-hydroxylation sites is 1. The molecule has 1 saturated heterocycles. The first-order valence-corrected chi connectivity index (χ1v) is 14.0. The molecule has 0 saturated carbocycles. The Morgan fingerprint density at radius 3 is 2.60 bits per heavy atom. The Kier molecular flexibility index (Phi) is 10.1. The van der Waals surface area contributed by atoms with Crippen LogP contribution in [0.4, 0.5) is 0 Å². The number of hydrogen-bond acceptors (Lipinski definition) is 8. The maximum atomic E-state index is 13.5. The quantitative estimate of drug-likeness (QED) is 0.362. The van der Waals surface area contributed by atoms with Gasteiger partial charge in [0.2, 0.25) is 18.4 Å². The molecule has 10 heteroatoms. The number of benzene rings is 2. The Labute approximate surface area is 235 Å². The van der Waals surface area contributed by atoms with Crippen LogP contribution in [0.2, 0.25) is 0 Å². The van der Waals surface area contributed by atoms with Gasteiger partial charge in [-0.15, -0.1) is 0 Å². The van der Waals surface area contributed by atoms with Crippen LogP contribution in [-0.2, 0) is 16.0 Å². The normalized spacial score (nSPS) is 19.9. The summed E-state index contributed by atoms with van der Waals surface area (Å²) in [5, 5.41) is 10.5. The molecule has 0 aromatic heterocycles. The van der Waals surface area contributed by atoms with E-state index in [0.717, 1.165) is 29.7 Å². The third-order valence-corrected chi connectivity index (χ3v) is 7.92. The minimum absolute atomic E-state index is 0.0331. The lowest BCUT2D eigenvalue weighted by atomic mass is 9.83. The molecule has 2 aliphatic heterocycles. The fourth-order valence-electron chi connectivity index (χ4n) is 5.91. The van der Waals surface area contributed by atoms with Crippen LogP contribution in [-0.4, -0.2) is 86.6 Å². The predicted molar refractivity (Wildman–Crippen MR) is 150 cm³/mol. The highest BCUT2D eigenvalue weighted by Crippen LogP contribution is 2.47. The number of nitrogens with two attached hydrogens (primary N) is 1. The molecule has 0 spiro atoms. The van der Waals surface area contributed by atoms with E-state index in [1.54, 1.807) is 19.1 Å². The van der Waals surface area contributed by atoms with Crippen molar-refractivity contribution in [2.24, 2.45) is 11.7 Å². The van der Waals surface area contributed by atoms with Gasteiger partial charge in [-0.2, -0.15) is 0 Å². The van der Waals surface area contributed by atoms with Gasteiger partial charge in [0, 0.05) is 38.1 Å². The van der Waals surface area contributed by atoms with E-state index in [2.05, 4.69) is 6.92 Å². The maximum Gasteiger partial charge on any atom is 0.308 e. The zero-order valence-electron chi connectivity index (χ0n) is 23.6. The fraction of sp³-hybridized carbons (Fsp3) is 0.533. The van der Waals surface area contributed by atoms with Gasteiger partial charge in [0.15, 0.2) is 11.5 Å². The zero-order chi connectivity index (χ0) is 28.6. The summed E-state index contributed by atoms with van der Waals surface area (Å²) in [6, 6.07) is 11.1. The Bertz CT molecular complexity index is 1170. The zero-order valence-corrected chi connectivity index (χ0v) is 23.6. The van der Waals surface area contributed by atoms with Crippen LogP contribution in [0.3, 0.4) is 0 Å². The number of methoxy groups -OCH3 is 2. The molecule has 4 rings (SSSR count). The number of fused-ring (bicyclic) bond motifs is 1. The summed E-state index contributed by atoms with van der Waals surface area (Å²) in [5.41, 5.74) is 7.60. The second-order valence-electron chi connectivity index (χ2n) is 10.3. The van der Waals surface area contributed by atoms with E-state index >= 15 is 0 Å². The molecule has 3 unspecified atom stereocenters. The van der Waals surface area contributed by atoms with Crippen LogP contribution < -0.4 is 24.7 Å². The Morgan fingerprint density at radius 2 is 1.90 bits per heavy atom. The lowest BCUT2D eigenvalue weighted by molar-refractivity contribution is -0.143. The molecule has 2 aromatic rings. The lowest BCUT2D eigenvalue weighted by Gasteiger charge is -2.29. The second-order valence-corrected chi connectivity index (χ2v) is 10.3. The molecule has 2 aliphatic rings. The average Bonchev–Trinajstić information content (AvgIpc) is 3.58. The van der Waals surface area contributed by atoms with Crippen LogP contribution in [0.1, 0.15) is 43.2 Å². The summed E-state index contributed by atoms with van der Waals surface area (Å²) in [6.45, 7) is 4.19. The van der Waals surface area contributed by atoms with E-state index in [-0.39, 0.29) is 31.2 Å². The van der Waals surface area contributed by atoms with E-state index in [1.807, 2.05) is 41.3 Å². The smallest absolute Gasteiger partial charge is 0.308 e. The molecule has 0 radical (unpaired) electrons. The molecular formula is C30H41N3O7. The standard InChI is InChI=1S/C30H41N3O7/c1-4-5-13-32(14-12-31)27(34)18-33-17-22(21-15-25(38-3)29-26(16-21)39-19-40-29)28(30(35)36)23(33)11-10-20-8-6-7-9-24(20)37-2/h6-9,15-16,22-23,28H,4-5,10-14,17-19,31H2,1-3H3,(H,35,36). The third kappa shape index (κ3) is 6.45. The van der Waals surface area contributed by atoms with Gasteiger partial charge in [0.25, 0.3) is 0 Å². The molecule has 40 heavy (non-hydrogen) atoms. The number of rotatable bonds is 14. The molecule has 218 valence electrons. The van der Waals surface area contributed by atoms with Gasteiger partial charge in [-0.25, -0.2) is 0 Å². The molecular weight excluding hydrogens is 514 g/mol. The molecule has 10 nitrogen and oxygen atoms in total. The van der Waals surface area contributed by atoms with Gasteiger partial charge >= 0.3 is 5.97 Å². The first-order valence-electron chi connectivity index (χ1n) is 14.0. The van der Waals surface area contributed by atoms with Crippen molar-refractivity contribution in [1.29, 1.82) is 0 Å². The SMILES string of the molecule is CCCCN(CCN)C(=O)CN1CC(c2cc(OC)c3c(c2)OCO3)C(C(=O)O)C1CCc1ccccc1OC. The molecule has 0 bridgehead atoms. The second kappa shape index (κ2) is 13.7. The van der Waals surface area contributed by atoms with Gasteiger partial charge in [0.1, 0.15) is 5.75 Å². The van der Waals surface area contributed by atoms with Crippen molar-refractivity contribution in [1.82, 2.24) is 9.80 Å². The summed E-state index contributed by atoms with van der Waals surface area (Å²) < 4.78 is 22.3. The summed E-state index contributed by atoms with van der Waals surface area (Å²) in [4.78, 5) is 30.2. The lowest BCUT2D eigenvalue weighted by Crippen LogP contribution is -2.45. The van der Waals surface area contributed by atoms with Crippen LogP contribution >= 0.6 is 0 Å². The number of aliphatic carboxylic acids is 1. The van der Waals surface area contributed by atoms with Crippen molar-refractivity contribution in [3.8, 4) is 23.0 Å². The molecule has 0 aliphatic carbocycles. The number of hydrogen-bond donors (Lipinski definition) is 2. The van der Waals surface area contributed by atoms with Crippen LogP contribution in [0.25, 0.3) is 0 Å². The number of ether oxygens (including phenoxy) is 4. The monoisotopic (exact) mass is 555 g/mol. The number of carboxylic acid groups (broad SMARTS) is 1. The van der Waals surface area contributed by atoms with E-state index in [9.17, 15) is 14.7 Å². The number of amides is 1. The predicted octanol–water partition coefficient (Wildman–Crippen LogP) is 3.12. The molecule has 2 aromatic carbocycles. The van der Waals surface area contributed by atoms with Gasteiger partial charge in [-0.05, 0) is 48.6 Å². The maximum absolute atomic E-state index is 13.5. The number of carboxylic acids is 1. The topological polar surface area (TPSA) is 124 Å². The first-order chi connectivity index (χ1) is 19.4. The van der Waals surface area contributed by atoms with E-state index in [4.69, 9.17) is 24.7 Å². The number of carbonyl (C=O) groups is 2. The fourth-order valence-corrected chi connectivity index (χ4v) is 5.91. The number of aryl methyl sites for hydroxylation is 1. The Hall–Kier alpha value is -3.50. The van der Waals surface area contributed by atoms with Gasteiger partial charge in [-0.1, -0.05) is 31.5 Å². The summed E-state index contributed by atoms with van der Waals surface area (Å²) in [6.07, 6.45) is 3.02. The van der Waals surface area contributed by atoms with Crippen LogP contribution in [0.15, 0.2) is 36.4 Å². The van der Waals surface area contributed by atoms with E-state index < -0.39 is 11.9 Å². The summed E-state index contributed by atoms with van der Waals surface area (Å²) in [5.74, 6) is 0.266. The highest BCUT2D eigenvalue weighted by molar-refractivity contribution is 5.79. The van der Waals surface area contributed by atoms with Crippen molar-refractivity contribution in [3.05, 3.63) is 47.5 Å². The first kappa shape index (κ1) is 29.5. The van der Waals surface area contributed by atoms with Crippen molar-refractivity contribution in [2.45, 2.75) is 44.6 Å². The Balaban J connectivity index is 1.66. The van der Waals surface area contributed by atoms with E-state index in [1.165, 1.54) is 0 Å². The molecule has 1 fully saturated rings. The Morgan fingerprint density at radius 1 is 1.12 bits per heavy atom. The summed E-state index contributed by atoms with van der Waals surface area (Å²) in [7, 11) is 3.18. The number of nitrogens with zero attached hydrogens (tertiary/aromatic N) is 2. The minimum Gasteiger partial charge on any atom is -0.496 e. The molecule has 3 atom stereocenters. The molecule has 3 N–H and O–H groups in total. The third-order valence-electron chi connectivity index (χ3n) is 7.92. The molecule has 2 heterocycles. The number of carbonyl (C=O) groups excluding carboxylic acids is 1. The summed E-state index contributed by atoms with van der Waals surface area (Å²) >= 11 is 0. The van der Waals surface area contributed by atoms with Crippen LogP contribution in [0, 0.1) is 5.92 Å². The number of likely N-dealkylation sites (tertiary alicyclic amines) is 1.